The zero-order chi connectivity index (χ0) is 10.7. The molecule has 0 bridgehead atoms. The maximum atomic E-state index is 10.8. The van der Waals surface area contributed by atoms with Gasteiger partial charge in [-0.15, -0.1) is 0 Å². The highest BCUT2D eigenvalue weighted by Crippen LogP contribution is 2.37. The number of hydrogen-bond acceptors (Lipinski definition) is 3. The first-order valence-corrected chi connectivity index (χ1v) is 5.71. The monoisotopic (exact) mass is 210 g/mol. The Morgan fingerprint density at radius 2 is 2.07 bits per heavy atom. The average Bonchev–Trinajstić information content (AvgIpc) is 2.60. The van der Waals surface area contributed by atoms with E-state index >= 15 is 0 Å². The Bertz CT molecular complexity index is 264. The maximum absolute atomic E-state index is 10.8. The number of carbonyl (C=O) groups excluding carboxylic acids is 1. The summed E-state index contributed by atoms with van der Waals surface area (Å²) < 4.78 is 11.6. The van der Waals surface area contributed by atoms with Crippen LogP contribution in [0.4, 0.5) is 0 Å². The number of allylic oxidation sites excluding steroid dienone is 1. The summed E-state index contributed by atoms with van der Waals surface area (Å²) in [6.07, 6.45) is 8.98. The minimum absolute atomic E-state index is 0.0352. The summed E-state index contributed by atoms with van der Waals surface area (Å²) in [5.41, 5.74) is 0. The van der Waals surface area contributed by atoms with Crippen molar-refractivity contribution < 1.29 is 14.3 Å². The molecule has 1 aliphatic carbocycles. The van der Waals surface area contributed by atoms with Gasteiger partial charge < -0.3 is 9.47 Å². The van der Waals surface area contributed by atoms with E-state index in [9.17, 15) is 4.79 Å². The third-order valence-corrected chi connectivity index (χ3v) is 3.04. The predicted octanol–water partition coefficient (Wildman–Crippen LogP) is 2.21. The smallest absolute Gasteiger partial charge is 0.169 e. The largest absolute Gasteiger partial charge is 0.347 e. The van der Waals surface area contributed by atoms with Gasteiger partial charge >= 0.3 is 0 Å². The Morgan fingerprint density at radius 1 is 1.33 bits per heavy atom. The van der Waals surface area contributed by atoms with Crippen molar-refractivity contribution >= 4 is 5.78 Å². The van der Waals surface area contributed by atoms with E-state index in [-0.39, 0.29) is 17.7 Å². The summed E-state index contributed by atoms with van der Waals surface area (Å²) in [6, 6.07) is 0. The zero-order valence-corrected chi connectivity index (χ0v) is 9.20. The number of carbonyl (C=O) groups is 1. The Labute approximate surface area is 90.4 Å². The first kappa shape index (κ1) is 10.8. The van der Waals surface area contributed by atoms with E-state index in [1.54, 1.807) is 13.0 Å². The number of ether oxygens (including phenoxy) is 2. The molecule has 3 nitrogen and oxygen atoms in total. The van der Waals surface area contributed by atoms with Gasteiger partial charge in [-0.1, -0.05) is 6.42 Å². The summed E-state index contributed by atoms with van der Waals surface area (Å²) in [4.78, 5) is 10.8. The molecule has 1 saturated heterocycles. The number of ketones is 1. The Hall–Kier alpha value is -0.670. The summed E-state index contributed by atoms with van der Waals surface area (Å²) in [7, 11) is 0. The molecule has 1 unspecified atom stereocenters. The normalized spacial score (nSPS) is 30.1. The second-order valence-electron chi connectivity index (χ2n) is 4.41. The summed E-state index contributed by atoms with van der Waals surface area (Å²) in [6.45, 7) is 2.13. The number of hydrogen-bond donors (Lipinski definition) is 0. The van der Waals surface area contributed by atoms with Gasteiger partial charge in [0.2, 0.25) is 0 Å². The van der Waals surface area contributed by atoms with Crippen LogP contribution in [-0.4, -0.2) is 24.3 Å². The summed E-state index contributed by atoms with van der Waals surface area (Å²) >= 11 is 0. The second-order valence-corrected chi connectivity index (χ2v) is 4.41. The van der Waals surface area contributed by atoms with Crippen LogP contribution in [0.1, 0.15) is 39.0 Å². The van der Waals surface area contributed by atoms with E-state index < -0.39 is 0 Å². The third kappa shape index (κ3) is 2.67. The molecule has 0 aromatic carbocycles. The van der Waals surface area contributed by atoms with Gasteiger partial charge in [-0.05, 0) is 31.9 Å². The van der Waals surface area contributed by atoms with Gasteiger partial charge in [0.05, 0.1) is 6.61 Å². The summed E-state index contributed by atoms with van der Waals surface area (Å²) in [5.74, 6) is -0.271. The first-order valence-electron chi connectivity index (χ1n) is 5.71. The van der Waals surface area contributed by atoms with Crippen LogP contribution in [0.5, 0.6) is 0 Å². The van der Waals surface area contributed by atoms with Gasteiger partial charge in [-0.2, -0.15) is 0 Å². The fraction of sp³-hybridized carbons (Fsp3) is 0.750. The molecule has 1 aliphatic heterocycles. The average molecular weight is 210 g/mol. The quantitative estimate of drug-likeness (QED) is 0.655. The second kappa shape index (κ2) is 4.45. The van der Waals surface area contributed by atoms with Crippen molar-refractivity contribution in [2.75, 3.05) is 6.61 Å². The van der Waals surface area contributed by atoms with Crippen molar-refractivity contribution in [1.82, 2.24) is 0 Å². The van der Waals surface area contributed by atoms with Crippen molar-refractivity contribution in [2.24, 2.45) is 0 Å². The van der Waals surface area contributed by atoms with Crippen LogP contribution < -0.4 is 0 Å². The van der Waals surface area contributed by atoms with E-state index in [0.717, 1.165) is 12.8 Å². The molecule has 15 heavy (non-hydrogen) atoms. The van der Waals surface area contributed by atoms with Gasteiger partial charge in [-0.25, -0.2) is 0 Å². The lowest BCUT2D eigenvalue weighted by Crippen LogP contribution is -2.33. The summed E-state index contributed by atoms with van der Waals surface area (Å²) in [5, 5.41) is 0. The van der Waals surface area contributed by atoms with E-state index in [1.807, 2.05) is 6.08 Å². The van der Waals surface area contributed by atoms with Crippen molar-refractivity contribution in [3.63, 3.8) is 0 Å². The molecule has 1 atom stereocenters. The van der Waals surface area contributed by atoms with Crippen molar-refractivity contribution in [2.45, 2.75) is 50.9 Å². The van der Waals surface area contributed by atoms with Crippen LogP contribution in [0.2, 0.25) is 0 Å². The molecule has 2 fully saturated rings. The van der Waals surface area contributed by atoms with Crippen molar-refractivity contribution in [3.05, 3.63) is 12.2 Å². The van der Waals surface area contributed by atoms with Crippen molar-refractivity contribution in [3.8, 4) is 0 Å². The van der Waals surface area contributed by atoms with Crippen LogP contribution in [0.25, 0.3) is 0 Å². The van der Waals surface area contributed by atoms with Crippen LogP contribution in [0, 0.1) is 0 Å². The van der Waals surface area contributed by atoms with Gasteiger partial charge in [0.1, 0.15) is 6.10 Å². The van der Waals surface area contributed by atoms with Gasteiger partial charge in [-0.3, -0.25) is 4.79 Å². The molecule has 1 heterocycles. The third-order valence-electron chi connectivity index (χ3n) is 3.04. The molecule has 3 heteroatoms. The maximum Gasteiger partial charge on any atom is 0.169 e. The standard InChI is InChI=1S/C12H18O3/c1-10(13)5-6-11-9-14-12(15-11)7-3-2-4-8-12/h5-6,11H,2-4,7-9H2,1H3/b6-5+. The molecule has 2 rings (SSSR count). The van der Waals surface area contributed by atoms with Crippen molar-refractivity contribution in [1.29, 1.82) is 0 Å². The van der Waals surface area contributed by atoms with Gasteiger partial charge in [0, 0.05) is 12.8 Å². The van der Waals surface area contributed by atoms with Crippen LogP contribution in [-0.2, 0) is 14.3 Å². The highest BCUT2D eigenvalue weighted by Gasteiger charge is 2.41. The van der Waals surface area contributed by atoms with Crippen LogP contribution >= 0.6 is 0 Å². The fourth-order valence-corrected chi connectivity index (χ4v) is 2.27. The molecular formula is C12H18O3. The van der Waals surface area contributed by atoms with Crippen LogP contribution in [0.15, 0.2) is 12.2 Å². The lowest BCUT2D eigenvalue weighted by molar-refractivity contribution is -0.183. The predicted molar refractivity (Wildman–Crippen MR) is 56.5 cm³/mol. The highest BCUT2D eigenvalue weighted by atomic mass is 16.7. The molecule has 2 aliphatic rings. The van der Waals surface area contributed by atoms with Gasteiger partial charge in [0.25, 0.3) is 0 Å². The first-order chi connectivity index (χ1) is 7.20. The topological polar surface area (TPSA) is 35.5 Å². The lowest BCUT2D eigenvalue weighted by Gasteiger charge is -2.31. The van der Waals surface area contributed by atoms with E-state index in [4.69, 9.17) is 9.47 Å². The lowest BCUT2D eigenvalue weighted by atomic mass is 9.94. The number of rotatable bonds is 2. The van der Waals surface area contributed by atoms with E-state index in [0.29, 0.717) is 6.61 Å². The molecular weight excluding hydrogens is 192 g/mol. The molecule has 1 saturated carbocycles. The minimum Gasteiger partial charge on any atom is -0.347 e. The molecule has 1 spiro atoms. The SMILES string of the molecule is CC(=O)/C=C/C1COC2(CCCCC2)O1. The minimum atomic E-state index is -0.329. The Balaban J connectivity index is 1.90. The van der Waals surface area contributed by atoms with E-state index in [1.165, 1.54) is 19.3 Å². The fourth-order valence-electron chi connectivity index (χ4n) is 2.27. The molecule has 0 N–H and O–H groups in total. The molecule has 84 valence electrons. The Morgan fingerprint density at radius 3 is 2.73 bits per heavy atom. The molecule has 0 radical (unpaired) electrons. The van der Waals surface area contributed by atoms with Crippen LogP contribution in [0.3, 0.4) is 0 Å². The molecule has 0 aromatic heterocycles. The van der Waals surface area contributed by atoms with Gasteiger partial charge in [0.15, 0.2) is 11.6 Å². The molecule has 0 aromatic rings. The molecule has 0 amide bonds. The highest BCUT2D eigenvalue weighted by molar-refractivity contribution is 5.87. The zero-order valence-electron chi connectivity index (χ0n) is 9.20. The van der Waals surface area contributed by atoms with E-state index in [2.05, 4.69) is 0 Å². The Kier molecular flexibility index (Phi) is 3.22.